The van der Waals surface area contributed by atoms with Gasteiger partial charge in [-0.05, 0) is 51.7 Å². The van der Waals surface area contributed by atoms with E-state index in [4.69, 9.17) is 9.47 Å². The minimum atomic E-state index is -0.987. The van der Waals surface area contributed by atoms with Gasteiger partial charge >= 0.3 is 11.9 Å². The first-order valence-corrected chi connectivity index (χ1v) is 11.9. The highest BCUT2D eigenvalue weighted by Crippen LogP contribution is 2.32. The minimum absolute atomic E-state index is 0.0200. The number of rotatable bonds is 8. The molecule has 1 aliphatic carbocycles. The van der Waals surface area contributed by atoms with Gasteiger partial charge in [0.2, 0.25) is 5.91 Å². The van der Waals surface area contributed by atoms with Crippen molar-refractivity contribution in [3.63, 3.8) is 0 Å². The lowest BCUT2D eigenvalue weighted by Crippen LogP contribution is -2.54. The maximum atomic E-state index is 13.5. The minimum Gasteiger partial charge on any atom is -0.489 e. The summed E-state index contributed by atoms with van der Waals surface area (Å²) in [6, 6.07) is 5.21. The van der Waals surface area contributed by atoms with E-state index in [9.17, 15) is 19.5 Å². The number of carboxylic acids is 1. The maximum absolute atomic E-state index is 13.5. The average Bonchev–Trinajstić information content (AvgIpc) is 2.88. The number of benzene rings is 1. The van der Waals surface area contributed by atoms with Crippen LogP contribution in [0.3, 0.4) is 0 Å². The predicted molar refractivity (Wildman–Crippen MR) is 124 cm³/mol. The SMILES string of the molecule is CC(C)(C)OC(=O)CN1C(=O)C(N[C@@H](CCC2CCCCC2)C(=O)O)COc2ccccc21. The van der Waals surface area contributed by atoms with Gasteiger partial charge in [-0.25, -0.2) is 0 Å². The molecule has 1 amide bonds. The van der Waals surface area contributed by atoms with E-state index in [1.165, 1.54) is 24.2 Å². The number of hydrogen-bond donors (Lipinski definition) is 2. The normalized spacial score (nSPS) is 20.4. The van der Waals surface area contributed by atoms with Crippen molar-refractivity contribution < 1.29 is 29.0 Å². The number of anilines is 1. The fourth-order valence-electron chi connectivity index (χ4n) is 4.54. The van der Waals surface area contributed by atoms with E-state index in [2.05, 4.69) is 5.32 Å². The van der Waals surface area contributed by atoms with Crippen LogP contribution in [0.4, 0.5) is 5.69 Å². The van der Waals surface area contributed by atoms with Gasteiger partial charge in [0.15, 0.2) is 0 Å². The van der Waals surface area contributed by atoms with Crippen molar-refractivity contribution >= 4 is 23.5 Å². The summed E-state index contributed by atoms with van der Waals surface area (Å²) in [6.07, 6.45) is 7.17. The first-order chi connectivity index (χ1) is 15.6. The Morgan fingerprint density at radius 3 is 2.58 bits per heavy atom. The number of para-hydroxylation sites is 2. The van der Waals surface area contributed by atoms with E-state index in [0.717, 1.165) is 19.3 Å². The van der Waals surface area contributed by atoms with Gasteiger partial charge < -0.3 is 14.6 Å². The zero-order chi connectivity index (χ0) is 24.0. The first-order valence-electron chi connectivity index (χ1n) is 11.9. The van der Waals surface area contributed by atoms with Crippen LogP contribution in [-0.4, -0.2) is 53.8 Å². The average molecular weight is 461 g/mol. The second-order valence-electron chi connectivity index (χ2n) is 9.98. The number of carboxylic acid groups (broad SMARTS) is 1. The number of nitrogens with one attached hydrogen (secondary N) is 1. The van der Waals surface area contributed by atoms with Crippen LogP contribution in [0.2, 0.25) is 0 Å². The summed E-state index contributed by atoms with van der Waals surface area (Å²) in [5.74, 6) is -0.934. The summed E-state index contributed by atoms with van der Waals surface area (Å²) in [4.78, 5) is 39.3. The third-order valence-electron chi connectivity index (χ3n) is 6.12. The topological polar surface area (TPSA) is 105 Å². The van der Waals surface area contributed by atoms with Crippen molar-refractivity contribution in [3.05, 3.63) is 24.3 Å². The molecule has 0 saturated heterocycles. The zero-order valence-electron chi connectivity index (χ0n) is 19.8. The van der Waals surface area contributed by atoms with Crippen LogP contribution in [0, 0.1) is 5.92 Å². The number of nitrogens with zero attached hydrogens (tertiary/aromatic N) is 1. The molecule has 1 aromatic rings. The molecule has 1 unspecified atom stereocenters. The van der Waals surface area contributed by atoms with Crippen molar-refractivity contribution in [2.24, 2.45) is 5.92 Å². The smallest absolute Gasteiger partial charge is 0.326 e. The molecule has 0 bridgehead atoms. The fraction of sp³-hybridized carbons (Fsp3) is 0.640. The third kappa shape index (κ3) is 7.19. The first kappa shape index (κ1) is 25.0. The Kier molecular flexibility index (Phi) is 8.35. The number of carbonyl (C=O) groups excluding carboxylic acids is 2. The monoisotopic (exact) mass is 460 g/mol. The molecule has 3 rings (SSSR count). The lowest BCUT2D eigenvalue weighted by molar-refractivity contribution is -0.153. The van der Waals surface area contributed by atoms with Crippen LogP contribution in [0.5, 0.6) is 5.75 Å². The van der Waals surface area contributed by atoms with E-state index in [1.807, 2.05) is 0 Å². The van der Waals surface area contributed by atoms with Crippen LogP contribution in [-0.2, 0) is 19.1 Å². The van der Waals surface area contributed by atoms with Crippen LogP contribution >= 0.6 is 0 Å². The van der Waals surface area contributed by atoms with Gasteiger partial charge in [0.1, 0.15) is 36.6 Å². The molecule has 1 aliphatic heterocycles. The van der Waals surface area contributed by atoms with Crippen LogP contribution in [0.15, 0.2) is 24.3 Å². The van der Waals surface area contributed by atoms with Gasteiger partial charge in [-0.3, -0.25) is 24.6 Å². The lowest BCUT2D eigenvalue weighted by atomic mass is 9.85. The van der Waals surface area contributed by atoms with Crippen molar-refractivity contribution in [1.29, 1.82) is 0 Å². The largest absolute Gasteiger partial charge is 0.489 e. The van der Waals surface area contributed by atoms with Crippen molar-refractivity contribution in [1.82, 2.24) is 5.32 Å². The Hall–Kier alpha value is -2.61. The highest BCUT2D eigenvalue weighted by molar-refractivity contribution is 6.02. The molecule has 1 fully saturated rings. The van der Waals surface area contributed by atoms with Crippen molar-refractivity contribution in [2.75, 3.05) is 18.1 Å². The van der Waals surface area contributed by atoms with Gasteiger partial charge in [0.25, 0.3) is 0 Å². The van der Waals surface area contributed by atoms with Gasteiger partial charge in [-0.15, -0.1) is 0 Å². The van der Waals surface area contributed by atoms with E-state index in [1.54, 1.807) is 45.0 Å². The number of esters is 1. The number of fused-ring (bicyclic) bond motifs is 1. The quantitative estimate of drug-likeness (QED) is 0.572. The Morgan fingerprint density at radius 2 is 1.91 bits per heavy atom. The third-order valence-corrected chi connectivity index (χ3v) is 6.12. The molecule has 33 heavy (non-hydrogen) atoms. The summed E-state index contributed by atoms with van der Waals surface area (Å²) < 4.78 is 11.3. The van der Waals surface area contributed by atoms with E-state index in [0.29, 0.717) is 23.8 Å². The fourth-order valence-corrected chi connectivity index (χ4v) is 4.54. The van der Waals surface area contributed by atoms with Gasteiger partial charge in [-0.2, -0.15) is 0 Å². The maximum Gasteiger partial charge on any atom is 0.326 e. The standard InChI is InChI=1S/C25H36N2O6/c1-25(2,3)33-22(28)15-27-20-11-7-8-12-21(20)32-16-19(23(27)29)26-18(24(30)31)14-13-17-9-5-4-6-10-17/h7-8,11-12,17-19,26H,4-6,9-10,13-16H2,1-3H3,(H,30,31)/t18-,19?/m0/s1. The number of carbonyl (C=O) groups is 3. The second kappa shape index (κ2) is 11.0. The van der Waals surface area contributed by atoms with Gasteiger partial charge in [0, 0.05) is 0 Å². The van der Waals surface area contributed by atoms with E-state index in [-0.39, 0.29) is 13.2 Å². The molecule has 2 N–H and O–H groups in total. The van der Waals surface area contributed by atoms with Crippen molar-refractivity contribution in [3.8, 4) is 5.75 Å². The summed E-state index contributed by atoms with van der Waals surface area (Å²) >= 11 is 0. The zero-order valence-corrected chi connectivity index (χ0v) is 19.8. The molecule has 0 radical (unpaired) electrons. The highest BCUT2D eigenvalue weighted by atomic mass is 16.6. The second-order valence-corrected chi connectivity index (χ2v) is 9.98. The molecular formula is C25H36N2O6. The summed E-state index contributed by atoms with van der Waals surface area (Å²) in [6.45, 7) is 4.99. The van der Waals surface area contributed by atoms with Crippen LogP contribution < -0.4 is 15.0 Å². The Balaban J connectivity index is 1.74. The number of aliphatic carboxylic acids is 1. The van der Waals surface area contributed by atoms with E-state index < -0.39 is 35.5 Å². The molecule has 2 aliphatic rings. The lowest BCUT2D eigenvalue weighted by Gasteiger charge is -2.28. The Labute approximate surface area is 195 Å². The Bertz CT molecular complexity index is 844. The number of hydrogen-bond acceptors (Lipinski definition) is 6. The predicted octanol–water partition coefficient (Wildman–Crippen LogP) is 3.53. The molecule has 1 aromatic carbocycles. The molecule has 0 spiro atoms. The summed E-state index contributed by atoms with van der Waals surface area (Å²) in [5.41, 5.74) is -0.223. The molecular weight excluding hydrogens is 424 g/mol. The molecule has 1 saturated carbocycles. The molecule has 2 atom stereocenters. The molecule has 8 nitrogen and oxygen atoms in total. The molecule has 8 heteroatoms. The highest BCUT2D eigenvalue weighted by Gasteiger charge is 2.36. The number of ether oxygens (including phenoxy) is 2. The molecule has 1 heterocycles. The van der Waals surface area contributed by atoms with Crippen LogP contribution in [0.25, 0.3) is 0 Å². The summed E-state index contributed by atoms with van der Waals surface area (Å²) in [7, 11) is 0. The summed E-state index contributed by atoms with van der Waals surface area (Å²) in [5, 5.41) is 12.8. The van der Waals surface area contributed by atoms with E-state index >= 15 is 0 Å². The molecule has 0 aromatic heterocycles. The molecule has 182 valence electrons. The van der Waals surface area contributed by atoms with Gasteiger partial charge in [-0.1, -0.05) is 44.2 Å². The van der Waals surface area contributed by atoms with Gasteiger partial charge in [0.05, 0.1) is 5.69 Å². The van der Waals surface area contributed by atoms with Crippen molar-refractivity contribution in [2.45, 2.75) is 83.4 Å². The van der Waals surface area contributed by atoms with Crippen LogP contribution in [0.1, 0.15) is 65.7 Å². The Morgan fingerprint density at radius 1 is 1.21 bits per heavy atom. The number of amides is 1.